The molecule has 0 amide bonds. The van der Waals surface area contributed by atoms with Crippen LogP contribution in [0.3, 0.4) is 0 Å². The predicted molar refractivity (Wildman–Crippen MR) is 96.9 cm³/mol. The number of aromatic amines is 1. The fourth-order valence-corrected chi connectivity index (χ4v) is 3.23. The van der Waals surface area contributed by atoms with E-state index in [-0.39, 0.29) is 18.1 Å². The summed E-state index contributed by atoms with van der Waals surface area (Å²) in [7, 11) is 1.74. The number of H-pyrrole nitrogens is 1. The van der Waals surface area contributed by atoms with Crippen molar-refractivity contribution in [2.24, 2.45) is 0 Å². The van der Waals surface area contributed by atoms with Crippen molar-refractivity contribution in [1.29, 1.82) is 0 Å². The SMILES string of the molecule is CC(=O)c1c(C)[nH]c(C(=O)[C@H](C)N(C)Cc2c(F)cccc2Cl)c1C. The normalized spacial score (nSPS) is 12.5. The van der Waals surface area contributed by atoms with Gasteiger partial charge >= 0.3 is 0 Å². The van der Waals surface area contributed by atoms with E-state index in [1.807, 2.05) is 0 Å². The van der Waals surface area contributed by atoms with Crippen LogP contribution in [0.5, 0.6) is 0 Å². The zero-order valence-electron chi connectivity index (χ0n) is 15.0. The minimum absolute atomic E-state index is 0.0792. The van der Waals surface area contributed by atoms with Crippen LogP contribution in [0.25, 0.3) is 0 Å². The van der Waals surface area contributed by atoms with Crippen molar-refractivity contribution in [2.45, 2.75) is 40.3 Å². The highest BCUT2D eigenvalue weighted by Gasteiger charge is 2.26. The van der Waals surface area contributed by atoms with Crippen LogP contribution in [-0.2, 0) is 6.54 Å². The van der Waals surface area contributed by atoms with Crippen molar-refractivity contribution < 1.29 is 14.0 Å². The Labute approximate surface area is 152 Å². The molecule has 0 aliphatic rings. The number of halogens is 2. The maximum absolute atomic E-state index is 14.0. The van der Waals surface area contributed by atoms with Crippen LogP contribution in [-0.4, -0.2) is 34.5 Å². The summed E-state index contributed by atoms with van der Waals surface area (Å²) in [6.45, 7) is 6.96. The lowest BCUT2D eigenvalue weighted by Crippen LogP contribution is -2.36. The van der Waals surface area contributed by atoms with Crippen LogP contribution in [0.2, 0.25) is 5.02 Å². The van der Waals surface area contributed by atoms with Gasteiger partial charge in [-0.15, -0.1) is 0 Å². The number of benzene rings is 1. The second-order valence-electron chi connectivity index (χ2n) is 6.34. The van der Waals surface area contributed by atoms with E-state index in [1.165, 1.54) is 13.0 Å². The number of aryl methyl sites for hydroxylation is 1. The molecule has 2 aromatic rings. The van der Waals surface area contributed by atoms with E-state index in [9.17, 15) is 14.0 Å². The Balaban J connectivity index is 2.25. The largest absolute Gasteiger partial charge is 0.355 e. The highest BCUT2D eigenvalue weighted by Crippen LogP contribution is 2.24. The van der Waals surface area contributed by atoms with Crippen LogP contribution in [0, 0.1) is 19.7 Å². The number of likely N-dealkylation sites (N-methyl/N-ethyl adjacent to an activating group) is 1. The number of nitrogens with zero attached hydrogens (tertiary/aromatic N) is 1. The number of rotatable bonds is 6. The first kappa shape index (κ1) is 19.3. The Morgan fingerprint density at radius 2 is 1.96 bits per heavy atom. The first-order chi connectivity index (χ1) is 11.6. The number of carbonyl (C=O) groups is 2. The minimum Gasteiger partial charge on any atom is -0.355 e. The molecule has 1 aromatic heterocycles. The van der Waals surface area contributed by atoms with Crippen molar-refractivity contribution in [3.8, 4) is 0 Å². The molecule has 0 saturated heterocycles. The first-order valence-electron chi connectivity index (χ1n) is 8.02. The predicted octanol–water partition coefficient (Wildman–Crippen LogP) is 4.33. The maximum atomic E-state index is 14.0. The molecule has 1 atom stereocenters. The third-order valence-electron chi connectivity index (χ3n) is 4.55. The van der Waals surface area contributed by atoms with Gasteiger partial charge in [0, 0.05) is 28.4 Å². The molecule has 0 bridgehead atoms. The molecule has 1 aromatic carbocycles. The Kier molecular flexibility index (Phi) is 5.80. The minimum atomic E-state index is -0.507. The second-order valence-corrected chi connectivity index (χ2v) is 6.74. The molecule has 0 aliphatic heterocycles. The number of ketones is 2. The van der Waals surface area contributed by atoms with Gasteiger partial charge in [0.25, 0.3) is 0 Å². The lowest BCUT2D eigenvalue weighted by atomic mass is 10.0. The number of Topliss-reactive ketones (excluding diaryl/α,β-unsaturated/α-hetero) is 2. The Hall–Kier alpha value is -1.98. The van der Waals surface area contributed by atoms with Crippen LogP contribution >= 0.6 is 11.6 Å². The molecule has 0 spiro atoms. The van der Waals surface area contributed by atoms with Crippen molar-refractivity contribution >= 4 is 23.2 Å². The summed E-state index contributed by atoms with van der Waals surface area (Å²) in [5.41, 5.74) is 2.66. The van der Waals surface area contributed by atoms with Crippen LogP contribution in [0.15, 0.2) is 18.2 Å². The summed E-state index contributed by atoms with van der Waals surface area (Å²) in [5.74, 6) is -0.628. The van der Waals surface area contributed by atoms with Gasteiger partial charge in [0.15, 0.2) is 11.6 Å². The van der Waals surface area contributed by atoms with Crippen LogP contribution in [0.4, 0.5) is 4.39 Å². The van der Waals surface area contributed by atoms with Crippen LogP contribution < -0.4 is 0 Å². The van der Waals surface area contributed by atoms with Gasteiger partial charge in [0.1, 0.15) is 5.82 Å². The van der Waals surface area contributed by atoms with Gasteiger partial charge in [-0.05, 0) is 52.4 Å². The summed E-state index contributed by atoms with van der Waals surface area (Å²) < 4.78 is 14.0. The fraction of sp³-hybridized carbons (Fsp3) is 0.368. The molecule has 134 valence electrons. The molecule has 1 heterocycles. The van der Waals surface area contributed by atoms with Crippen molar-refractivity contribution in [2.75, 3.05) is 7.05 Å². The molecule has 0 aliphatic carbocycles. The molecular formula is C19H22ClFN2O2. The number of carbonyl (C=O) groups excluding carboxylic acids is 2. The lowest BCUT2D eigenvalue weighted by molar-refractivity contribution is 0.0855. The summed E-state index contributed by atoms with van der Waals surface area (Å²) in [6, 6.07) is 4.01. The topological polar surface area (TPSA) is 53.2 Å². The Morgan fingerprint density at radius 3 is 2.48 bits per heavy atom. The van der Waals surface area contributed by atoms with Gasteiger partial charge in [-0.2, -0.15) is 0 Å². The van der Waals surface area contributed by atoms with E-state index >= 15 is 0 Å². The highest BCUT2D eigenvalue weighted by atomic mass is 35.5. The third kappa shape index (κ3) is 3.83. The molecule has 0 saturated carbocycles. The molecule has 0 radical (unpaired) electrons. The molecule has 0 fully saturated rings. The maximum Gasteiger partial charge on any atom is 0.196 e. The average Bonchev–Trinajstić information content (AvgIpc) is 2.84. The summed E-state index contributed by atoms with van der Waals surface area (Å²) in [4.78, 5) is 29.3. The van der Waals surface area contributed by atoms with Gasteiger partial charge < -0.3 is 4.98 Å². The number of aromatic nitrogens is 1. The Morgan fingerprint density at radius 1 is 1.32 bits per heavy atom. The number of hydrogen-bond donors (Lipinski definition) is 1. The highest BCUT2D eigenvalue weighted by molar-refractivity contribution is 6.31. The summed E-state index contributed by atoms with van der Waals surface area (Å²) >= 11 is 6.06. The number of nitrogens with one attached hydrogen (secondary N) is 1. The van der Waals surface area contributed by atoms with Crippen LogP contribution in [0.1, 0.15) is 51.5 Å². The number of hydrogen-bond acceptors (Lipinski definition) is 3. The average molecular weight is 365 g/mol. The summed E-state index contributed by atoms with van der Waals surface area (Å²) in [6.07, 6.45) is 0. The van der Waals surface area contributed by atoms with Crippen molar-refractivity contribution in [1.82, 2.24) is 9.88 Å². The zero-order chi connectivity index (χ0) is 18.9. The molecular weight excluding hydrogens is 343 g/mol. The quantitative estimate of drug-likeness (QED) is 0.776. The monoisotopic (exact) mass is 364 g/mol. The van der Waals surface area contributed by atoms with Gasteiger partial charge in [-0.25, -0.2) is 4.39 Å². The fourth-order valence-electron chi connectivity index (χ4n) is 3.00. The zero-order valence-corrected chi connectivity index (χ0v) is 15.8. The smallest absolute Gasteiger partial charge is 0.196 e. The molecule has 0 unspecified atom stereocenters. The summed E-state index contributed by atoms with van der Waals surface area (Å²) in [5, 5.41) is 0.331. The molecule has 1 N–H and O–H groups in total. The van der Waals surface area contributed by atoms with E-state index in [0.717, 1.165) is 0 Å². The van der Waals surface area contributed by atoms with E-state index < -0.39 is 11.9 Å². The molecule has 4 nitrogen and oxygen atoms in total. The van der Waals surface area contributed by atoms with E-state index in [2.05, 4.69) is 4.98 Å². The first-order valence-corrected chi connectivity index (χ1v) is 8.40. The standard InChI is InChI=1S/C19H22ClFN2O2/c1-10-17(13(4)24)11(2)22-18(10)19(25)12(3)23(5)9-14-15(20)7-6-8-16(14)21/h6-8,12,22H,9H2,1-5H3/t12-/m0/s1. The second kappa shape index (κ2) is 7.50. The lowest BCUT2D eigenvalue weighted by Gasteiger charge is -2.24. The molecule has 2 rings (SSSR count). The molecule has 25 heavy (non-hydrogen) atoms. The third-order valence-corrected chi connectivity index (χ3v) is 4.90. The van der Waals surface area contributed by atoms with E-state index in [1.54, 1.807) is 44.9 Å². The van der Waals surface area contributed by atoms with E-state index in [0.29, 0.717) is 33.1 Å². The Bertz CT molecular complexity index is 809. The van der Waals surface area contributed by atoms with Crippen molar-refractivity contribution in [3.63, 3.8) is 0 Å². The van der Waals surface area contributed by atoms with Gasteiger partial charge in [-0.1, -0.05) is 17.7 Å². The van der Waals surface area contributed by atoms with Gasteiger partial charge in [0.2, 0.25) is 0 Å². The van der Waals surface area contributed by atoms with E-state index in [4.69, 9.17) is 11.6 Å². The molecule has 6 heteroatoms. The van der Waals surface area contributed by atoms with Crippen molar-refractivity contribution in [3.05, 3.63) is 57.1 Å². The van der Waals surface area contributed by atoms with Gasteiger partial charge in [0.05, 0.1) is 11.7 Å². The van der Waals surface area contributed by atoms with Gasteiger partial charge in [-0.3, -0.25) is 14.5 Å².